The molecule has 0 fully saturated rings. The summed E-state index contributed by atoms with van der Waals surface area (Å²) in [6.07, 6.45) is 5.23. The van der Waals surface area contributed by atoms with Gasteiger partial charge in [-0.05, 0) is 50.5 Å². The molecule has 5 heteroatoms. The maximum absolute atomic E-state index is 10.3. The molecule has 0 saturated carbocycles. The Morgan fingerprint density at radius 2 is 1.87 bits per heavy atom. The minimum absolute atomic E-state index is 0.227. The van der Waals surface area contributed by atoms with Crippen LogP contribution in [0.4, 0.5) is 0 Å². The third-order valence-electron chi connectivity index (χ3n) is 4.83. The summed E-state index contributed by atoms with van der Waals surface area (Å²) in [5.41, 5.74) is 3.09. The van der Waals surface area contributed by atoms with Gasteiger partial charge in [0, 0.05) is 24.2 Å². The average Bonchev–Trinajstić information content (AvgIpc) is 3.19. The van der Waals surface area contributed by atoms with Crippen LogP contribution < -0.4 is 10.1 Å². The Labute approximate surface area is 178 Å². The first-order chi connectivity index (χ1) is 14.6. The first-order valence-electron chi connectivity index (χ1n) is 10.4. The van der Waals surface area contributed by atoms with Crippen molar-refractivity contribution in [2.24, 2.45) is 0 Å². The molecule has 0 saturated heterocycles. The zero-order valence-electron chi connectivity index (χ0n) is 17.6. The van der Waals surface area contributed by atoms with Crippen LogP contribution in [0.3, 0.4) is 0 Å². The lowest BCUT2D eigenvalue weighted by molar-refractivity contribution is 0.104. The third kappa shape index (κ3) is 7.17. The second-order valence-corrected chi connectivity index (χ2v) is 7.54. The Kier molecular flexibility index (Phi) is 8.24. The van der Waals surface area contributed by atoms with Gasteiger partial charge in [0.05, 0.1) is 5.69 Å². The number of aromatic nitrogens is 1. The number of aryl methyl sites for hydroxylation is 2. The Balaban J connectivity index is 1.43. The molecule has 2 atom stereocenters. The van der Waals surface area contributed by atoms with Crippen LogP contribution in [-0.2, 0) is 6.42 Å². The van der Waals surface area contributed by atoms with Crippen LogP contribution in [-0.4, -0.2) is 35.6 Å². The van der Waals surface area contributed by atoms with Crippen LogP contribution in [0, 0.1) is 6.92 Å². The van der Waals surface area contributed by atoms with Crippen molar-refractivity contribution in [3.05, 3.63) is 83.2 Å². The lowest BCUT2D eigenvalue weighted by atomic mass is 10.1. The van der Waals surface area contributed by atoms with Crippen LogP contribution in [0.15, 0.2) is 65.2 Å². The molecular weight excluding hydrogens is 376 g/mol. The van der Waals surface area contributed by atoms with Gasteiger partial charge in [-0.1, -0.05) is 53.7 Å². The summed E-state index contributed by atoms with van der Waals surface area (Å²) >= 11 is 0. The molecule has 0 spiro atoms. The number of benzene rings is 2. The van der Waals surface area contributed by atoms with Crippen LogP contribution in [0.1, 0.15) is 35.9 Å². The quantitative estimate of drug-likeness (QED) is 0.491. The molecule has 0 aliphatic rings. The van der Waals surface area contributed by atoms with E-state index in [0.29, 0.717) is 18.3 Å². The van der Waals surface area contributed by atoms with Gasteiger partial charge in [-0.2, -0.15) is 0 Å². The lowest BCUT2D eigenvalue weighted by Crippen LogP contribution is -2.36. The lowest BCUT2D eigenvalue weighted by Gasteiger charge is -2.18. The van der Waals surface area contributed by atoms with Gasteiger partial charge in [-0.25, -0.2) is 0 Å². The van der Waals surface area contributed by atoms with Gasteiger partial charge in [0.25, 0.3) is 0 Å². The van der Waals surface area contributed by atoms with E-state index in [4.69, 9.17) is 9.26 Å². The summed E-state index contributed by atoms with van der Waals surface area (Å²) < 4.78 is 11.1. The molecule has 3 aromatic rings. The van der Waals surface area contributed by atoms with Gasteiger partial charge in [-0.15, -0.1) is 0 Å². The molecule has 0 bridgehead atoms. The van der Waals surface area contributed by atoms with Gasteiger partial charge >= 0.3 is 0 Å². The van der Waals surface area contributed by atoms with E-state index in [0.717, 1.165) is 29.8 Å². The highest BCUT2D eigenvalue weighted by Gasteiger charge is 2.10. The summed E-state index contributed by atoms with van der Waals surface area (Å²) in [5.74, 6) is 1.41. The van der Waals surface area contributed by atoms with E-state index in [1.807, 2.05) is 55.5 Å². The zero-order valence-corrected chi connectivity index (χ0v) is 17.6. The van der Waals surface area contributed by atoms with Gasteiger partial charge in [0.2, 0.25) is 0 Å². The molecule has 30 heavy (non-hydrogen) atoms. The Morgan fingerprint density at radius 3 is 2.63 bits per heavy atom. The van der Waals surface area contributed by atoms with E-state index in [1.54, 1.807) is 0 Å². The van der Waals surface area contributed by atoms with Crippen molar-refractivity contribution in [3.8, 4) is 5.75 Å². The third-order valence-corrected chi connectivity index (χ3v) is 4.83. The Hall–Kier alpha value is -2.89. The van der Waals surface area contributed by atoms with E-state index < -0.39 is 6.10 Å². The van der Waals surface area contributed by atoms with Crippen LogP contribution >= 0.6 is 0 Å². The minimum atomic E-state index is -0.585. The maximum atomic E-state index is 10.3. The van der Waals surface area contributed by atoms with Crippen LogP contribution in [0.5, 0.6) is 5.75 Å². The smallest absolute Gasteiger partial charge is 0.159 e. The second kappa shape index (κ2) is 11.3. The van der Waals surface area contributed by atoms with Gasteiger partial charge in [0.1, 0.15) is 18.5 Å². The molecule has 2 aromatic carbocycles. The van der Waals surface area contributed by atoms with E-state index in [-0.39, 0.29) is 6.61 Å². The van der Waals surface area contributed by atoms with Crippen molar-refractivity contribution in [2.75, 3.05) is 13.2 Å². The molecule has 0 aliphatic carbocycles. The van der Waals surface area contributed by atoms with Crippen molar-refractivity contribution < 1.29 is 14.4 Å². The molecule has 0 aliphatic heterocycles. The summed E-state index contributed by atoms with van der Waals surface area (Å²) in [7, 11) is 0. The number of hydrogen-bond acceptors (Lipinski definition) is 5. The van der Waals surface area contributed by atoms with Crippen molar-refractivity contribution in [1.82, 2.24) is 10.5 Å². The molecule has 2 unspecified atom stereocenters. The highest BCUT2D eigenvalue weighted by molar-refractivity contribution is 5.70. The number of ether oxygens (including phenoxy) is 1. The molecule has 1 heterocycles. The molecule has 3 rings (SSSR count). The van der Waals surface area contributed by atoms with Gasteiger partial charge < -0.3 is 19.7 Å². The predicted molar refractivity (Wildman–Crippen MR) is 120 cm³/mol. The van der Waals surface area contributed by atoms with Crippen molar-refractivity contribution in [2.45, 2.75) is 38.8 Å². The van der Waals surface area contributed by atoms with E-state index in [9.17, 15) is 5.11 Å². The summed E-state index contributed by atoms with van der Waals surface area (Å²) in [5, 5.41) is 17.6. The predicted octanol–water partition coefficient (Wildman–Crippen LogP) is 4.50. The fourth-order valence-corrected chi connectivity index (χ4v) is 3.10. The minimum Gasteiger partial charge on any atom is -0.490 e. The molecule has 0 amide bonds. The Morgan fingerprint density at radius 1 is 1.10 bits per heavy atom. The summed E-state index contributed by atoms with van der Waals surface area (Å²) in [6.45, 7) is 4.74. The SMILES string of the molecule is Cc1cc(/C=C/c2ccccc2OCC(O)CNC(C)CCc2ccccc2)on1. The van der Waals surface area contributed by atoms with Crippen molar-refractivity contribution in [1.29, 1.82) is 0 Å². The Bertz CT molecular complexity index is 921. The molecule has 0 radical (unpaired) electrons. The highest BCUT2D eigenvalue weighted by atomic mass is 16.5. The van der Waals surface area contributed by atoms with Gasteiger partial charge in [0.15, 0.2) is 5.76 Å². The standard InChI is InChI=1S/C25H30N2O3/c1-19(12-13-21-8-4-3-5-9-21)26-17-23(28)18-29-25-11-7-6-10-22(25)14-15-24-16-20(2)27-30-24/h3-11,14-16,19,23,26,28H,12-13,17-18H2,1-2H3/b15-14+. The van der Waals surface area contributed by atoms with Gasteiger partial charge in [-0.3, -0.25) is 0 Å². The molecule has 2 N–H and O–H groups in total. The summed E-state index contributed by atoms with van der Waals surface area (Å²) in [4.78, 5) is 0. The summed E-state index contributed by atoms with van der Waals surface area (Å²) in [6, 6.07) is 20.4. The fraction of sp³-hybridized carbons (Fsp3) is 0.320. The van der Waals surface area contributed by atoms with Crippen molar-refractivity contribution in [3.63, 3.8) is 0 Å². The monoisotopic (exact) mass is 406 g/mol. The second-order valence-electron chi connectivity index (χ2n) is 7.54. The number of hydrogen-bond donors (Lipinski definition) is 2. The van der Waals surface area contributed by atoms with E-state index in [2.05, 4.69) is 41.7 Å². The number of aliphatic hydroxyl groups is 1. The fourth-order valence-electron chi connectivity index (χ4n) is 3.10. The molecule has 5 nitrogen and oxygen atoms in total. The zero-order chi connectivity index (χ0) is 21.2. The van der Waals surface area contributed by atoms with Crippen LogP contribution in [0.2, 0.25) is 0 Å². The highest BCUT2D eigenvalue weighted by Crippen LogP contribution is 2.21. The maximum Gasteiger partial charge on any atom is 0.159 e. The number of nitrogens with zero attached hydrogens (tertiary/aromatic N) is 1. The van der Waals surface area contributed by atoms with Crippen LogP contribution in [0.25, 0.3) is 12.2 Å². The molecule has 158 valence electrons. The van der Waals surface area contributed by atoms with E-state index in [1.165, 1.54) is 5.56 Å². The average molecular weight is 407 g/mol. The normalized spacial score (nSPS) is 13.4. The topological polar surface area (TPSA) is 67.5 Å². The largest absolute Gasteiger partial charge is 0.490 e. The van der Waals surface area contributed by atoms with E-state index >= 15 is 0 Å². The number of rotatable bonds is 11. The first-order valence-corrected chi connectivity index (χ1v) is 10.4. The number of para-hydroxylation sites is 1. The number of aliphatic hydroxyl groups excluding tert-OH is 1. The number of nitrogens with one attached hydrogen (secondary N) is 1. The van der Waals surface area contributed by atoms with Crippen molar-refractivity contribution >= 4 is 12.2 Å². The molecular formula is C25H30N2O3. The molecule has 1 aromatic heterocycles. The first kappa shape index (κ1) is 21.8.